The summed E-state index contributed by atoms with van der Waals surface area (Å²) in [5.41, 5.74) is 5.36. The number of hydrogen-bond donors (Lipinski definition) is 1. The predicted octanol–water partition coefficient (Wildman–Crippen LogP) is 4.09. The molecule has 156 valence electrons. The van der Waals surface area contributed by atoms with E-state index in [4.69, 9.17) is 0 Å². The smallest absolute Gasteiger partial charge is 0.251 e. The van der Waals surface area contributed by atoms with Crippen LogP contribution in [0.5, 0.6) is 0 Å². The fourth-order valence-electron chi connectivity index (χ4n) is 3.40. The largest absolute Gasteiger partial charge is 0.345 e. The quantitative estimate of drug-likeness (QED) is 0.516. The van der Waals surface area contributed by atoms with Crippen LogP contribution in [0.25, 0.3) is 16.8 Å². The van der Waals surface area contributed by atoms with Crippen molar-refractivity contribution in [3.8, 4) is 16.8 Å². The maximum absolute atomic E-state index is 13.1. The van der Waals surface area contributed by atoms with E-state index in [1.165, 1.54) is 5.56 Å². The molecule has 1 unspecified atom stereocenters. The lowest BCUT2D eigenvalue weighted by Gasteiger charge is -2.16. The summed E-state index contributed by atoms with van der Waals surface area (Å²) in [5, 5.41) is 15.1. The summed E-state index contributed by atoms with van der Waals surface area (Å²) < 4.78 is 1.68. The summed E-state index contributed by atoms with van der Waals surface area (Å²) >= 11 is 0. The SMILES string of the molecule is CCc1nnnn1-c1cc(C(=O)NC(C)c2cccnc2)cc(-c2ccc(C)cc2)c1. The molecule has 0 saturated carbocycles. The molecule has 0 bridgehead atoms. The number of benzene rings is 2. The molecule has 4 rings (SSSR count). The summed E-state index contributed by atoms with van der Waals surface area (Å²) in [6.07, 6.45) is 4.15. The highest BCUT2D eigenvalue weighted by atomic mass is 16.1. The summed E-state index contributed by atoms with van der Waals surface area (Å²) in [7, 11) is 0. The Labute approximate surface area is 181 Å². The molecule has 0 aliphatic rings. The van der Waals surface area contributed by atoms with Gasteiger partial charge in [0.15, 0.2) is 5.82 Å². The molecule has 1 atom stereocenters. The fraction of sp³-hybridized carbons (Fsp3) is 0.208. The average Bonchev–Trinajstić information content (AvgIpc) is 3.29. The molecule has 2 aromatic carbocycles. The predicted molar refractivity (Wildman–Crippen MR) is 119 cm³/mol. The molecular weight excluding hydrogens is 388 g/mol. The first kappa shape index (κ1) is 20.4. The van der Waals surface area contributed by atoms with E-state index in [1.807, 2.05) is 51.1 Å². The third kappa shape index (κ3) is 4.50. The van der Waals surface area contributed by atoms with Crippen LogP contribution in [0.3, 0.4) is 0 Å². The lowest BCUT2D eigenvalue weighted by molar-refractivity contribution is 0.0940. The van der Waals surface area contributed by atoms with Crippen LogP contribution in [-0.4, -0.2) is 31.1 Å². The molecule has 0 spiro atoms. The van der Waals surface area contributed by atoms with Gasteiger partial charge in [0, 0.05) is 24.4 Å². The molecule has 1 amide bonds. The molecule has 7 nitrogen and oxygen atoms in total. The number of tetrazole rings is 1. The van der Waals surface area contributed by atoms with Crippen molar-refractivity contribution in [2.75, 3.05) is 0 Å². The first-order valence-electron chi connectivity index (χ1n) is 10.3. The van der Waals surface area contributed by atoms with Gasteiger partial charge < -0.3 is 5.32 Å². The number of nitrogens with one attached hydrogen (secondary N) is 1. The van der Waals surface area contributed by atoms with E-state index in [-0.39, 0.29) is 11.9 Å². The van der Waals surface area contributed by atoms with Gasteiger partial charge in [-0.1, -0.05) is 42.8 Å². The molecule has 4 aromatic rings. The van der Waals surface area contributed by atoms with E-state index in [0.29, 0.717) is 12.0 Å². The van der Waals surface area contributed by atoms with Gasteiger partial charge in [0.2, 0.25) is 0 Å². The van der Waals surface area contributed by atoms with E-state index < -0.39 is 0 Å². The van der Waals surface area contributed by atoms with E-state index in [0.717, 1.165) is 28.2 Å². The Hall–Kier alpha value is -3.87. The Balaban J connectivity index is 1.74. The lowest BCUT2D eigenvalue weighted by Crippen LogP contribution is -2.27. The van der Waals surface area contributed by atoms with Gasteiger partial charge in [-0.3, -0.25) is 9.78 Å². The van der Waals surface area contributed by atoms with E-state index in [9.17, 15) is 4.79 Å². The van der Waals surface area contributed by atoms with Crippen LogP contribution in [-0.2, 0) is 6.42 Å². The monoisotopic (exact) mass is 412 g/mol. The first-order chi connectivity index (χ1) is 15.0. The van der Waals surface area contributed by atoms with Crippen molar-refractivity contribution in [2.24, 2.45) is 0 Å². The van der Waals surface area contributed by atoms with Crippen LogP contribution in [0, 0.1) is 6.92 Å². The normalized spacial score (nSPS) is 11.8. The number of carbonyl (C=O) groups is 1. The van der Waals surface area contributed by atoms with Gasteiger partial charge in [-0.15, -0.1) is 5.10 Å². The maximum atomic E-state index is 13.1. The number of nitrogens with zero attached hydrogens (tertiary/aromatic N) is 5. The molecule has 0 saturated heterocycles. The number of carbonyl (C=O) groups excluding carboxylic acids is 1. The molecule has 2 aromatic heterocycles. The first-order valence-corrected chi connectivity index (χ1v) is 10.3. The van der Waals surface area contributed by atoms with Gasteiger partial charge >= 0.3 is 0 Å². The second-order valence-electron chi connectivity index (χ2n) is 7.48. The Morgan fingerprint density at radius 2 is 1.90 bits per heavy atom. The van der Waals surface area contributed by atoms with Crippen LogP contribution < -0.4 is 5.32 Å². The van der Waals surface area contributed by atoms with Crippen molar-refractivity contribution in [1.29, 1.82) is 0 Å². The number of aryl methyl sites for hydroxylation is 2. The third-order valence-electron chi connectivity index (χ3n) is 5.19. The Morgan fingerprint density at radius 3 is 2.61 bits per heavy atom. The number of aromatic nitrogens is 5. The number of pyridine rings is 1. The third-order valence-corrected chi connectivity index (χ3v) is 5.19. The second kappa shape index (κ2) is 8.87. The van der Waals surface area contributed by atoms with Crippen LogP contribution in [0.2, 0.25) is 0 Å². The molecule has 0 fully saturated rings. The summed E-state index contributed by atoms with van der Waals surface area (Å²) in [6.45, 7) is 5.99. The molecule has 1 N–H and O–H groups in total. The molecule has 31 heavy (non-hydrogen) atoms. The minimum Gasteiger partial charge on any atom is -0.345 e. The summed E-state index contributed by atoms with van der Waals surface area (Å²) in [6, 6.07) is 17.6. The van der Waals surface area contributed by atoms with Crippen molar-refractivity contribution >= 4 is 5.91 Å². The Morgan fingerprint density at radius 1 is 1.10 bits per heavy atom. The number of amides is 1. The van der Waals surface area contributed by atoms with E-state index in [1.54, 1.807) is 17.1 Å². The molecule has 7 heteroatoms. The molecule has 0 radical (unpaired) electrons. The molecular formula is C24H24N6O. The molecule has 2 heterocycles. The van der Waals surface area contributed by atoms with Crippen molar-refractivity contribution in [3.63, 3.8) is 0 Å². The van der Waals surface area contributed by atoms with Crippen LogP contribution in [0.4, 0.5) is 0 Å². The standard InChI is InChI=1S/C24H24N6O/c1-4-23-27-28-29-30(23)22-13-20(18-9-7-16(2)8-10-18)12-21(14-22)24(31)26-17(3)19-6-5-11-25-15-19/h5-15,17H,4H2,1-3H3,(H,26,31). The van der Waals surface area contributed by atoms with Crippen LogP contribution in [0.15, 0.2) is 67.0 Å². The maximum Gasteiger partial charge on any atom is 0.251 e. The van der Waals surface area contributed by atoms with E-state index in [2.05, 4.69) is 50.1 Å². The van der Waals surface area contributed by atoms with Crippen molar-refractivity contribution in [3.05, 3.63) is 89.5 Å². The highest BCUT2D eigenvalue weighted by molar-refractivity contribution is 5.96. The highest BCUT2D eigenvalue weighted by Crippen LogP contribution is 2.25. The zero-order valence-corrected chi connectivity index (χ0v) is 17.8. The van der Waals surface area contributed by atoms with Gasteiger partial charge in [0.1, 0.15) is 0 Å². The highest BCUT2D eigenvalue weighted by Gasteiger charge is 2.16. The topological polar surface area (TPSA) is 85.6 Å². The van der Waals surface area contributed by atoms with E-state index >= 15 is 0 Å². The van der Waals surface area contributed by atoms with Crippen LogP contribution >= 0.6 is 0 Å². The minimum absolute atomic E-state index is 0.169. The van der Waals surface area contributed by atoms with Gasteiger partial charge in [0.25, 0.3) is 5.91 Å². The second-order valence-corrected chi connectivity index (χ2v) is 7.48. The summed E-state index contributed by atoms with van der Waals surface area (Å²) in [5.74, 6) is 0.564. The fourth-order valence-corrected chi connectivity index (χ4v) is 3.40. The van der Waals surface area contributed by atoms with Gasteiger partial charge in [0.05, 0.1) is 11.7 Å². The van der Waals surface area contributed by atoms with Gasteiger partial charge in [-0.05, 0) is 65.2 Å². The lowest BCUT2D eigenvalue weighted by atomic mass is 10.00. The average molecular weight is 412 g/mol. The minimum atomic E-state index is -0.174. The molecule has 0 aliphatic carbocycles. The summed E-state index contributed by atoms with van der Waals surface area (Å²) in [4.78, 5) is 17.3. The van der Waals surface area contributed by atoms with Crippen molar-refractivity contribution in [1.82, 2.24) is 30.5 Å². The zero-order chi connectivity index (χ0) is 21.8. The molecule has 0 aliphatic heterocycles. The van der Waals surface area contributed by atoms with Crippen molar-refractivity contribution < 1.29 is 4.79 Å². The van der Waals surface area contributed by atoms with Gasteiger partial charge in [-0.25, -0.2) is 0 Å². The van der Waals surface area contributed by atoms with Crippen molar-refractivity contribution in [2.45, 2.75) is 33.2 Å². The number of hydrogen-bond acceptors (Lipinski definition) is 5. The van der Waals surface area contributed by atoms with Gasteiger partial charge in [-0.2, -0.15) is 4.68 Å². The zero-order valence-electron chi connectivity index (χ0n) is 17.8. The van der Waals surface area contributed by atoms with Crippen LogP contribution in [0.1, 0.15) is 47.2 Å². The number of rotatable bonds is 6. The Kier molecular flexibility index (Phi) is 5.84. The Bertz CT molecular complexity index is 1180.